The summed E-state index contributed by atoms with van der Waals surface area (Å²) in [5.74, 6) is -1.09. The summed E-state index contributed by atoms with van der Waals surface area (Å²) in [4.78, 5) is 35.4. The number of carbonyl (C=O) groups is 2. The number of benzene rings is 2. The van der Waals surface area contributed by atoms with E-state index in [0.717, 1.165) is 11.9 Å². The van der Waals surface area contributed by atoms with Gasteiger partial charge in [-0.05, 0) is 75.6 Å². The predicted octanol–water partition coefficient (Wildman–Crippen LogP) is 2.90. The van der Waals surface area contributed by atoms with Crippen LogP contribution in [0.1, 0.15) is 49.4 Å². The summed E-state index contributed by atoms with van der Waals surface area (Å²) in [7, 11) is 0. The minimum absolute atomic E-state index is 0. The van der Waals surface area contributed by atoms with Crippen molar-refractivity contribution in [2.24, 2.45) is 0 Å². The van der Waals surface area contributed by atoms with Crippen molar-refractivity contribution in [2.45, 2.75) is 45.4 Å². The van der Waals surface area contributed by atoms with E-state index >= 15 is 0 Å². The van der Waals surface area contributed by atoms with Crippen molar-refractivity contribution in [2.75, 3.05) is 36.4 Å². The molecule has 9 nitrogen and oxygen atoms in total. The fourth-order valence-electron chi connectivity index (χ4n) is 4.39. The first-order valence-electron chi connectivity index (χ1n) is 13.1. The molecule has 0 atom stereocenters. The first-order valence-corrected chi connectivity index (χ1v) is 13.1. The van der Waals surface area contributed by atoms with Crippen LogP contribution >= 0.6 is 0 Å². The fraction of sp³-hybridized carbons (Fsp3) is 0.379. The predicted molar refractivity (Wildman–Crippen MR) is 149 cm³/mol. The molecule has 2 aromatic carbocycles. The number of anilines is 3. The maximum absolute atomic E-state index is 13.7. The summed E-state index contributed by atoms with van der Waals surface area (Å²) < 4.78 is 46.4. The number of halogens is 3. The van der Waals surface area contributed by atoms with Gasteiger partial charge in [-0.1, -0.05) is 12.1 Å². The van der Waals surface area contributed by atoms with E-state index in [4.69, 9.17) is 4.74 Å². The molecule has 4 rings (SSSR count). The molecule has 0 saturated carbocycles. The first-order chi connectivity index (χ1) is 19.3. The second kappa shape index (κ2) is 13.5. The monoisotopic (exact) mass is 579 g/mol. The van der Waals surface area contributed by atoms with Crippen LogP contribution in [0, 0.1) is 0 Å². The van der Waals surface area contributed by atoms with Gasteiger partial charge in [-0.25, -0.2) is 19.6 Å². The zero-order valence-electron chi connectivity index (χ0n) is 25.0. The number of amides is 1. The molecule has 0 aliphatic carbocycles. The van der Waals surface area contributed by atoms with Crippen LogP contribution in [-0.2, 0) is 23.8 Å². The third kappa shape index (κ3) is 8.87. The van der Waals surface area contributed by atoms with E-state index in [9.17, 15) is 27.9 Å². The third-order valence-electron chi connectivity index (χ3n) is 6.42. The van der Waals surface area contributed by atoms with Crippen molar-refractivity contribution < 1.29 is 52.9 Å². The second-order valence-corrected chi connectivity index (χ2v) is 10.7. The van der Waals surface area contributed by atoms with Crippen LogP contribution in [0.5, 0.6) is 0 Å². The normalized spacial score (nSPS) is 13.8. The second-order valence-electron chi connectivity index (χ2n) is 10.7. The van der Waals surface area contributed by atoms with Gasteiger partial charge in [-0.3, -0.25) is 0 Å². The molecule has 1 aromatic heterocycles. The molecule has 13 heteroatoms. The molecule has 1 fully saturated rings. The van der Waals surface area contributed by atoms with Crippen LogP contribution in [-0.4, -0.2) is 63.8 Å². The molecule has 1 aliphatic heterocycles. The molecule has 0 bridgehead atoms. The van der Waals surface area contributed by atoms with Gasteiger partial charge in [-0.2, -0.15) is 13.2 Å². The molecule has 2 heterocycles. The van der Waals surface area contributed by atoms with Gasteiger partial charge in [0.25, 0.3) is 0 Å². The Hall–Kier alpha value is -3.75. The number of hydrogen-bond acceptors (Lipinski definition) is 7. The van der Waals surface area contributed by atoms with Crippen molar-refractivity contribution in [1.29, 1.82) is 0 Å². The Balaban J connectivity index is 0.00000323. The van der Waals surface area contributed by atoms with Gasteiger partial charge < -0.3 is 26.4 Å². The van der Waals surface area contributed by atoms with Gasteiger partial charge in [0, 0.05) is 43.8 Å². The number of carboxylic acid groups (broad SMARTS) is 1. The number of ether oxygens (including phenoxy) is 1. The number of nitrogens with zero attached hydrogens (tertiary/aromatic N) is 4. The molecular formula is C29H33F3LiN5O4. The number of aromatic nitrogens is 2. The number of hydrogen-bond donors (Lipinski definition) is 2. The minimum atomic E-state index is -4.63. The van der Waals surface area contributed by atoms with Crippen molar-refractivity contribution in [3.05, 3.63) is 77.1 Å². The minimum Gasteiger partial charge on any atom is -1.00 e. The van der Waals surface area contributed by atoms with Crippen molar-refractivity contribution in [3.63, 3.8) is 0 Å². The molecule has 1 aliphatic rings. The summed E-state index contributed by atoms with van der Waals surface area (Å²) in [6, 6.07) is 13.4. The van der Waals surface area contributed by atoms with E-state index in [1.165, 1.54) is 12.1 Å². The van der Waals surface area contributed by atoms with Crippen LogP contribution < -0.4 is 29.1 Å². The number of piperazine rings is 1. The quantitative estimate of drug-likeness (QED) is 0.412. The summed E-state index contributed by atoms with van der Waals surface area (Å²) in [5, 5.41) is 12.1. The smallest absolute Gasteiger partial charge is 1.00 e. The molecule has 42 heavy (non-hydrogen) atoms. The number of aromatic carboxylic acids is 1. The average molecular weight is 580 g/mol. The summed E-state index contributed by atoms with van der Waals surface area (Å²) >= 11 is 0. The van der Waals surface area contributed by atoms with Gasteiger partial charge >= 0.3 is 37.1 Å². The Morgan fingerprint density at radius 2 is 1.69 bits per heavy atom. The van der Waals surface area contributed by atoms with E-state index in [1.54, 1.807) is 29.2 Å². The molecule has 0 spiro atoms. The van der Waals surface area contributed by atoms with Gasteiger partial charge in [0.1, 0.15) is 5.60 Å². The number of carbonyl (C=O) groups excluding carboxylic acids is 1. The van der Waals surface area contributed by atoms with Crippen molar-refractivity contribution in [3.8, 4) is 0 Å². The van der Waals surface area contributed by atoms with E-state index in [1.807, 2.05) is 32.9 Å². The molecule has 2 N–H and O–H groups in total. The van der Waals surface area contributed by atoms with Crippen LogP contribution in [0.15, 0.2) is 54.7 Å². The van der Waals surface area contributed by atoms with Gasteiger partial charge in [0.15, 0.2) is 0 Å². The number of carboxylic acids is 1. The Morgan fingerprint density at radius 3 is 2.29 bits per heavy atom. The zero-order chi connectivity index (χ0) is 29.8. The van der Waals surface area contributed by atoms with Crippen molar-refractivity contribution in [1.82, 2.24) is 14.9 Å². The standard InChI is InChI=1S/C29H32F3N5O4.Li.H/c1-28(2,3)41-27(40)37-15-13-36(14-16-37)22-10-8-21(9-11-22)34-26-33-18-23(29(30,31)32)24(35-26)12-7-19-5-4-6-20(17-19)25(38)39;;/h4-6,8-11,17-18H,7,12-16H2,1-3H3,(H,38,39)(H,33,34,35);;/q;+1;-1. The topological polar surface area (TPSA) is 108 Å². The molecule has 0 unspecified atom stereocenters. The van der Waals surface area contributed by atoms with E-state index < -0.39 is 23.3 Å². The zero-order valence-corrected chi connectivity index (χ0v) is 24.0. The van der Waals surface area contributed by atoms with Crippen LogP contribution in [0.2, 0.25) is 0 Å². The van der Waals surface area contributed by atoms with Crippen molar-refractivity contribution >= 4 is 29.4 Å². The number of rotatable bonds is 7. The summed E-state index contributed by atoms with van der Waals surface area (Å²) in [5.41, 5.74) is 0.528. The Morgan fingerprint density at radius 1 is 1.02 bits per heavy atom. The van der Waals surface area contributed by atoms with Gasteiger partial charge in [-0.15, -0.1) is 0 Å². The summed E-state index contributed by atoms with van der Waals surface area (Å²) in [6.07, 6.45) is -4.08. The van der Waals surface area contributed by atoms with Gasteiger partial charge in [0.05, 0.1) is 16.8 Å². The summed E-state index contributed by atoms with van der Waals surface area (Å²) in [6.45, 7) is 7.80. The average Bonchev–Trinajstić information content (AvgIpc) is 2.91. The first kappa shape index (κ1) is 32.8. The van der Waals surface area contributed by atoms with E-state index in [0.29, 0.717) is 37.4 Å². The molecule has 1 amide bonds. The maximum atomic E-state index is 13.7. The third-order valence-corrected chi connectivity index (χ3v) is 6.42. The largest absolute Gasteiger partial charge is 1.00 e. The Kier molecular flexibility index (Phi) is 10.5. The van der Waals surface area contributed by atoms with E-state index in [2.05, 4.69) is 20.2 Å². The number of alkyl halides is 3. The van der Waals surface area contributed by atoms with E-state index in [-0.39, 0.29) is 56.4 Å². The van der Waals surface area contributed by atoms with Gasteiger partial charge in [0.2, 0.25) is 5.95 Å². The molecule has 0 radical (unpaired) electrons. The number of aryl methyl sites for hydroxylation is 2. The van der Waals surface area contributed by atoms with Crippen LogP contribution in [0.4, 0.5) is 35.3 Å². The van der Waals surface area contributed by atoms with Crippen LogP contribution in [0.25, 0.3) is 0 Å². The SMILES string of the molecule is CC(C)(C)OC(=O)N1CCN(c2ccc(Nc3ncc(C(F)(F)F)c(CCc4cccc(C(=O)O)c4)n3)cc2)CC1.[H-].[Li+]. The molecule has 3 aromatic rings. The molecule has 220 valence electrons. The maximum Gasteiger partial charge on any atom is 1.00 e. The Bertz CT molecular complexity index is 1400. The van der Waals surface area contributed by atoms with Crippen LogP contribution in [0.3, 0.4) is 0 Å². The number of nitrogens with one attached hydrogen (secondary N) is 1. The molecule has 1 saturated heterocycles. The molecular weight excluding hydrogens is 546 g/mol. The Labute approximate surface area is 255 Å². The fourth-order valence-corrected chi connectivity index (χ4v) is 4.39.